The van der Waals surface area contributed by atoms with Crippen molar-refractivity contribution < 1.29 is 0 Å². The molecule has 9 rings (SSSR count). The van der Waals surface area contributed by atoms with Crippen molar-refractivity contribution in [3.63, 3.8) is 0 Å². The highest BCUT2D eigenvalue weighted by molar-refractivity contribution is 6.06. The molecule has 236 valence electrons. The van der Waals surface area contributed by atoms with Crippen LogP contribution >= 0.6 is 0 Å². The standard InChI is InChI=1S/C47H38N2/c1-32-15-8-9-21-38(32)46-40-23-11-10-22-39(40)45(35-29-27-34(28-30-35)33-16-4-2-5-17-33)41-24-14-18-36(31-42(41)46)47-48-43-25-12-13-26-44(43)49(47)37-19-6-3-7-20-37/h2-17,19-32,38,47-48H,18H2,1H3. The van der Waals surface area contributed by atoms with Gasteiger partial charge in [0.2, 0.25) is 0 Å². The van der Waals surface area contributed by atoms with E-state index in [2.05, 4.69) is 193 Å². The highest BCUT2D eigenvalue weighted by Gasteiger charge is 2.34. The van der Waals surface area contributed by atoms with Gasteiger partial charge in [-0.1, -0.05) is 159 Å². The summed E-state index contributed by atoms with van der Waals surface area (Å²) < 4.78 is 0. The maximum Gasteiger partial charge on any atom is 0.127 e. The van der Waals surface area contributed by atoms with Gasteiger partial charge in [0, 0.05) is 11.6 Å². The molecular weight excluding hydrogens is 593 g/mol. The van der Waals surface area contributed by atoms with Crippen molar-refractivity contribution in [2.24, 2.45) is 5.92 Å². The van der Waals surface area contributed by atoms with E-state index >= 15 is 0 Å². The predicted molar refractivity (Wildman–Crippen MR) is 209 cm³/mol. The highest BCUT2D eigenvalue weighted by atomic mass is 15.3. The van der Waals surface area contributed by atoms with Gasteiger partial charge in [-0.2, -0.15) is 0 Å². The van der Waals surface area contributed by atoms with Gasteiger partial charge in [0.1, 0.15) is 6.17 Å². The number of fused-ring (bicyclic) bond motifs is 3. The van der Waals surface area contributed by atoms with E-state index in [4.69, 9.17) is 0 Å². The molecule has 0 saturated heterocycles. The first-order valence-corrected chi connectivity index (χ1v) is 17.4. The zero-order chi connectivity index (χ0) is 32.7. The van der Waals surface area contributed by atoms with E-state index in [0.29, 0.717) is 5.92 Å². The van der Waals surface area contributed by atoms with Crippen LogP contribution in [0.5, 0.6) is 0 Å². The molecule has 0 spiro atoms. The zero-order valence-corrected chi connectivity index (χ0v) is 27.6. The Bertz CT molecular complexity index is 2290. The van der Waals surface area contributed by atoms with Gasteiger partial charge in [0.15, 0.2) is 0 Å². The van der Waals surface area contributed by atoms with E-state index in [1.807, 2.05) is 0 Å². The van der Waals surface area contributed by atoms with E-state index in [9.17, 15) is 0 Å². The molecule has 0 fully saturated rings. The lowest BCUT2D eigenvalue weighted by Gasteiger charge is -2.30. The summed E-state index contributed by atoms with van der Waals surface area (Å²) in [6.07, 6.45) is 17.3. The molecule has 0 aromatic heterocycles. The molecular formula is C47H38N2. The van der Waals surface area contributed by atoms with Crippen LogP contribution in [-0.2, 0) is 0 Å². The van der Waals surface area contributed by atoms with E-state index in [1.54, 1.807) is 0 Å². The van der Waals surface area contributed by atoms with E-state index in [1.165, 1.54) is 66.7 Å². The average molecular weight is 631 g/mol. The van der Waals surface area contributed by atoms with E-state index in [-0.39, 0.29) is 12.1 Å². The number of hydrogen-bond acceptors (Lipinski definition) is 2. The smallest absolute Gasteiger partial charge is 0.127 e. The fourth-order valence-corrected chi connectivity index (χ4v) is 8.08. The Balaban J connectivity index is 1.28. The third-order valence-corrected chi connectivity index (χ3v) is 10.4. The van der Waals surface area contributed by atoms with E-state index < -0.39 is 0 Å². The molecule has 3 aliphatic rings. The molecule has 0 saturated carbocycles. The molecule has 49 heavy (non-hydrogen) atoms. The summed E-state index contributed by atoms with van der Waals surface area (Å²) >= 11 is 0. The summed E-state index contributed by atoms with van der Waals surface area (Å²) in [5.41, 5.74) is 13.9. The Morgan fingerprint density at radius 2 is 1.27 bits per heavy atom. The number of benzene rings is 6. The molecule has 2 heteroatoms. The lowest BCUT2D eigenvalue weighted by Crippen LogP contribution is -2.33. The van der Waals surface area contributed by atoms with Gasteiger partial charge in [-0.15, -0.1) is 0 Å². The Kier molecular flexibility index (Phi) is 7.35. The van der Waals surface area contributed by atoms with Gasteiger partial charge in [0.25, 0.3) is 0 Å². The fourth-order valence-electron chi connectivity index (χ4n) is 8.08. The summed E-state index contributed by atoms with van der Waals surface area (Å²) in [6, 6.07) is 48.4. The average Bonchev–Trinajstić information content (AvgIpc) is 3.42. The molecule has 3 atom stereocenters. The third kappa shape index (κ3) is 5.12. The Morgan fingerprint density at radius 1 is 0.612 bits per heavy atom. The minimum Gasteiger partial charge on any atom is -0.360 e. The molecule has 1 aliphatic heterocycles. The van der Waals surface area contributed by atoms with Crippen molar-refractivity contribution in [1.82, 2.24) is 0 Å². The van der Waals surface area contributed by atoms with Crippen molar-refractivity contribution in [1.29, 1.82) is 0 Å². The van der Waals surface area contributed by atoms with Crippen LogP contribution in [0.1, 0.15) is 36.0 Å². The quantitative estimate of drug-likeness (QED) is 0.204. The van der Waals surface area contributed by atoms with Crippen LogP contribution in [0, 0.1) is 5.92 Å². The zero-order valence-electron chi connectivity index (χ0n) is 27.6. The monoisotopic (exact) mass is 630 g/mol. The van der Waals surface area contributed by atoms with Crippen LogP contribution in [0.15, 0.2) is 169 Å². The van der Waals surface area contributed by atoms with E-state index in [0.717, 1.165) is 12.1 Å². The predicted octanol–water partition coefficient (Wildman–Crippen LogP) is 12.4. The fraction of sp³-hybridized carbons (Fsp3) is 0.106. The molecule has 6 aromatic carbocycles. The summed E-state index contributed by atoms with van der Waals surface area (Å²) in [6.45, 7) is 2.35. The summed E-state index contributed by atoms with van der Waals surface area (Å²) in [7, 11) is 0. The van der Waals surface area contributed by atoms with Crippen LogP contribution in [0.4, 0.5) is 17.1 Å². The topological polar surface area (TPSA) is 15.3 Å². The number of rotatable bonds is 5. The maximum atomic E-state index is 3.92. The number of anilines is 3. The number of allylic oxidation sites excluding steroid dienone is 5. The van der Waals surface area contributed by atoms with Gasteiger partial charge < -0.3 is 10.2 Å². The lowest BCUT2D eigenvalue weighted by atomic mass is 9.76. The first kappa shape index (κ1) is 29.3. The molecule has 1 heterocycles. The first-order chi connectivity index (χ1) is 24.2. The molecule has 3 unspecified atom stereocenters. The SMILES string of the molecule is CC1C=CC=CC1c1c2c(c(-c3ccc(-c4ccccc4)cc3)c3ccccc13)C=CCC(C1Nc3ccccc3N1c1ccccc1)=C2. The number of nitrogens with one attached hydrogen (secondary N) is 1. The van der Waals surface area contributed by atoms with Gasteiger partial charge >= 0.3 is 0 Å². The van der Waals surface area contributed by atoms with Crippen molar-refractivity contribution in [2.45, 2.75) is 25.4 Å². The highest BCUT2D eigenvalue weighted by Crippen LogP contribution is 2.48. The van der Waals surface area contributed by atoms with Crippen molar-refractivity contribution >= 4 is 40.0 Å². The van der Waals surface area contributed by atoms with Crippen LogP contribution in [0.2, 0.25) is 0 Å². The Morgan fingerprint density at radius 3 is 2.06 bits per heavy atom. The second-order valence-electron chi connectivity index (χ2n) is 13.4. The molecule has 2 aliphatic carbocycles. The molecule has 2 nitrogen and oxygen atoms in total. The lowest BCUT2D eigenvalue weighted by molar-refractivity contribution is 0.638. The van der Waals surface area contributed by atoms with Gasteiger partial charge in [0.05, 0.1) is 11.4 Å². The van der Waals surface area contributed by atoms with Crippen LogP contribution in [-0.4, -0.2) is 6.17 Å². The molecule has 1 N–H and O–H groups in total. The summed E-state index contributed by atoms with van der Waals surface area (Å²) in [5.74, 6) is 0.647. The number of para-hydroxylation sites is 3. The van der Waals surface area contributed by atoms with Crippen molar-refractivity contribution in [3.8, 4) is 22.3 Å². The minimum atomic E-state index is -0.0115. The molecule has 6 aromatic rings. The summed E-state index contributed by atoms with van der Waals surface area (Å²) in [5, 5.41) is 6.55. The van der Waals surface area contributed by atoms with Gasteiger partial charge in [-0.3, -0.25) is 0 Å². The largest absolute Gasteiger partial charge is 0.360 e. The van der Waals surface area contributed by atoms with Gasteiger partial charge in [-0.25, -0.2) is 0 Å². The normalized spacial score (nSPS) is 19.2. The number of nitrogens with zero attached hydrogens (tertiary/aromatic N) is 1. The minimum absolute atomic E-state index is 0.0115. The third-order valence-electron chi connectivity index (χ3n) is 10.4. The molecule has 0 amide bonds. The Labute approximate surface area is 289 Å². The van der Waals surface area contributed by atoms with Gasteiger partial charge in [-0.05, 0) is 91.9 Å². The second kappa shape index (κ2) is 12.3. The van der Waals surface area contributed by atoms with Crippen molar-refractivity contribution in [2.75, 3.05) is 10.2 Å². The molecule has 0 radical (unpaired) electrons. The van der Waals surface area contributed by atoms with Crippen LogP contribution in [0.25, 0.3) is 45.2 Å². The second-order valence-corrected chi connectivity index (χ2v) is 13.4. The molecule has 0 bridgehead atoms. The maximum absolute atomic E-state index is 3.92. The number of hydrogen-bond donors (Lipinski definition) is 1. The first-order valence-electron chi connectivity index (χ1n) is 17.4. The van der Waals surface area contributed by atoms with Crippen LogP contribution in [0.3, 0.4) is 0 Å². The summed E-state index contributed by atoms with van der Waals surface area (Å²) in [4.78, 5) is 2.47. The van der Waals surface area contributed by atoms with Crippen LogP contribution < -0.4 is 10.2 Å². The van der Waals surface area contributed by atoms with Crippen molar-refractivity contribution in [3.05, 3.63) is 186 Å². The Hall–Kier alpha value is -5.86.